The highest BCUT2D eigenvalue weighted by molar-refractivity contribution is 7.99. The van der Waals surface area contributed by atoms with Crippen LogP contribution < -0.4 is 10.5 Å². The van der Waals surface area contributed by atoms with E-state index in [1.807, 2.05) is 63.2 Å². The van der Waals surface area contributed by atoms with Gasteiger partial charge in [0.15, 0.2) is 0 Å². The molecule has 0 radical (unpaired) electrons. The summed E-state index contributed by atoms with van der Waals surface area (Å²) < 4.78 is 5.55. The molecule has 1 aromatic heterocycles. The molecule has 0 saturated heterocycles. The van der Waals surface area contributed by atoms with E-state index in [1.54, 1.807) is 6.07 Å². The Bertz CT molecular complexity index is 1250. The van der Waals surface area contributed by atoms with Gasteiger partial charge in [0.2, 0.25) is 0 Å². The molecule has 3 rings (SSSR count). The minimum atomic E-state index is -1.40. The van der Waals surface area contributed by atoms with Crippen LogP contribution in [0, 0.1) is 18.3 Å². The number of nitrogens with zero attached hydrogens (tertiary/aromatic N) is 2. The number of nitriles is 1. The topological polar surface area (TPSA) is 94.5 Å². The number of anilines is 1. The Kier molecular flexibility index (Phi) is 6.83. The Labute approximate surface area is 184 Å². The summed E-state index contributed by atoms with van der Waals surface area (Å²) in [4.78, 5) is 27.8. The molecule has 7 heteroatoms. The van der Waals surface area contributed by atoms with Crippen LogP contribution in [0.25, 0.3) is 17.0 Å². The number of benzene rings is 2. The number of carboxylic acid groups (broad SMARTS) is 1. The number of fused-ring (bicyclic) bond motifs is 1. The average Bonchev–Trinajstić information content (AvgIpc) is 2.75. The molecular weight excluding hydrogens is 412 g/mol. The lowest BCUT2D eigenvalue weighted by Crippen LogP contribution is -2.21. The van der Waals surface area contributed by atoms with Crippen molar-refractivity contribution in [1.82, 2.24) is 0 Å². The van der Waals surface area contributed by atoms with Crippen LogP contribution in [-0.4, -0.2) is 24.2 Å². The van der Waals surface area contributed by atoms with Gasteiger partial charge in [0.1, 0.15) is 17.2 Å². The van der Waals surface area contributed by atoms with Crippen LogP contribution in [0.15, 0.2) is 67.0 Å². The molecule has 0 aliphatic heterocycles. The third-order valence-corrected chi connectivity index (χ3v) is 6.04. The van der Waals surface area contributed by atoms with Crippen molar-refractivity contribution in [2.45, 2.75) is 30.6 Å². The number of hydrogen-bond donors (Lipinski definition) is 1. The van der Waals surface area contributed by atoms with Crippen LogP contribution in [0.1, 0.15) is 25.0 Å². The van der Waals surface area contributed by atoms with Crippen molar-refractivity contribution in [2.24, 2.45) is 0 Å². The quantitative estimate of drug-likeness (QED) is 0.314. The second-order valence-electron chi connectivity index (χ2n) is 6.88. The van der Waals surface area contributed by atoms with E-state index in [9.17, 15) is 20.0 Å². The fraction of sp³-hybridized carbons (Fsp3) is 0.208. The Morgan fingerprint density at radius 2 is 1.87 bits per heavy atom. The van der Waals surface area contributed by atoms with Crippen LogP contribution in [0.3, 0.4) is 0 Å². The first-order chi connectivity index (χ1) is 14.9. The summed E-state index contributed by atoms with van der Waals surface area (Å²) in [5.74, 6) is -1.40. The first-order valence-electron chi connectivity index (χ1n) is 9.83. The summed E-state index contributed by atoms with van der Waals surface area (Å²) in [6.07, 6.45) is 1.09. The Morgan fingerprint density at radius 3 is 2.45 bits per heavy atom. The Morgan fingerprint density at radius 1 is 1.19 bits per heavy atom. The van der Waals surface area contributed by atoms with Crippen LogP contribution in [0.4, 0.5) is 5.69 Å². The molecule has 2 aromatic carbocycles. The van der Waals surface area contributed by atoms with Crippen LogP contribution in [-0.2, 0) is 4.79 Å². The third kappa shape index (κ3) is 4.81. The number of carboxylic acids is 1. The van der Waals surface area contributed by atoms with Gasteiger partial charge in [-0.05, 0) is 51.1 Å². The molecule has 1 heterocycles. The summed E-state index contributed by atoms with van der Waals surface area (Å²) in [7, 11) is 0. The largest absolute Gasteiger partial charge is 0.477 e. The van der Waals surface area contributed by atoms with Gasteiger partial charge in [-0.15, -0.1) is 0 Å². The van der Waals surface area contributed by atoms with Gasteiger partial charge in [-0.2, -0.15) is 5.26 Å². The molecule has 3 aromatic rings. The van der Waals surface area contributed by atoms with E-state index in [0.29, 0.717) is 15.9 Å². The minimum Gasteiger partial charge on any atom is -0.477 e. The van der Waals surface area contributed by atoms with Crippen LogP contribution in [0.2, 0.25) is 0 Å². The van der Waals surface area contributed by atoms with Gasteiger partial charge >= 0.3 is 11.6 Å². The lowest BCUT2D eigenvalue weighted by molar-refractivity contribution is -0.132. The van der Waals surface area contributed by atoms with Crippen LogP contribution >= 0.6 is 11.8 Å². The molecule has 0 spiro atoms. The van der Waals surface area contributed by atoms with Gasteiger partial charge < -0.3 is 14.4 Å². The molecule has 0 amide bonds. The zero-order valence-corrected chi connectivity index (χ0v) is 18.3. The predicted molar refractivity (Wildman–Crippen MR) is 123 cm³/mol. The highest BCUT2D eigenvalue weighted by atomic mass is 32.2. The van der Waals surface area contributed by atoms with E-state index in [2.05, 4.69) is 4.90 Å². The molecular formula is C24H22N2O4S. The molecule has 0 aliphatic rings. The number of carbonyl (C=O) groups is 1. The van der Waals surface area contributed by atoms with E-state index < -0.39 is 17.2 Å². The standard InChI is InChI=1S/C24H22N2O4S/c1-4-26(5-2)17-8-11-19-21(13-17)30-24(29)20(12-16(14-25)23(27)28)22(19)31-18-9-6-15(3)7-10-18/h6-13H,4-5H2,1-3H3,(H,27,28)/b16-12+. The van der Waals surface area contributed by atoms with Crippen molar-refractivity contribution in [3.05, 3.63) is 69.6 Å². The van der Waals surface area contributed by atoms with Crippen molar-refractivity contribution >= 4 is 40.5 Å². The summed E-state index contributed by atoms with van der Waals surface area (Å²) in [6.45, 7) is 7.69. The van der Waals surface area contributed by atoms with Crippen LogP contribution in [0.5, 0.6) is 0 Å². The van der Waals surface area contributed by atoms with Gasteiger partial charge in [0.05, 0.1) is 5.56 Å². The normalized spacial score (nSPS) is 11.4. The van der Waals surface area contributed by atoms with Gasteiger partial charge in [0.25, 0.3) is 0 Å². The lowest BCUT2D eigenvalue weighted by atomic mass is 10.1. The Hall–Kier alpha value is -3.50. The minimum absolute atomic E-state index is 0.0487. The summed E-state index contributed by atoms with van der Waals surface area (Å²) >= 11 is 1.34. The van der Waals surface area contributed by atoms with Crippen molar-refractivity contribution in [2.75, 3.05) is 18.0 Å². The molecule has 0 fully saturated rings. The molecule has 1 N–H and O–H groups in total. The second kappa shape index (κ2) is 9.54. The van der Waals surface area contributed by atoms with E-state index in [-0.39, 0.29) is 5.56 Å². The average molecular weight is 435 g/mol. The molecule has 0 unspecified atom stereocenters. The fourth-order valence-corrected chi connectivity index (χ4v) is 4.24. The summed E-state index contributed by atoms with van der Waals surface area (Å²) in [5.41, 5.74) is 1.27. The second-order valence-corrected chi connectivity index (χ2v) is 7.96. The molecule has 6 nitrogen and oxygen atoms in total. The van der Waals surface area contributed by atoms with E-state index >= 15 is 0 Å². The predicted octanol–water partition coefficient (Wildman–Crippen LogP) is 5.09. The maximum Gasteiger partial charge on any atom is 0.346 e. The number of rotatable bonds is 7. The Balaban J connectivity index is 2.28. The maximum atomic E-state index is 12.9. The number of hydrogen-bond acceptors (Lipinski definition) is 6. The van der Waals surface area contributed by atoms with E-state index in [1.165, 1.54) is 11.8 Å². The smallest absolute Gasteiger partial charge is 0.346 e. The van der Waals surface area contributed by atoms with Gasteiger partial charge in [0, 0.05) is 40.0 Å². The van der Waals surface area contributed by atoms with E-state index in [0.717, 1.165) is 35.3 Å². The number of aryl methyl sites for hydroxylation is 1. The zero-order valence-electron chi connectivity index (χ0n) is 17.5. The monoisotopic (exact) mass is 434 g/mol. The SMILES string of the molecule is CCN(CC)c1ccc2c(Sc3ccc(C)cc3)c(/C=C(\C#N)C(=O)O)c(=O)oc2c1. The summed E-state index contributed by atoms with van der Waals surface area (Å²) in [5, 5.41) is 19.1. The van der Waals surface area contributed by atoms with E-state index in [4.69, 9.17) is 4.42 Å². The highest BCUT2D eigenvalue weighted by Crippen LogP contribution is 2.37. The first kappa shape index (κ1) is 22.2. The number of aliphatic carboxylic acids is 1. The lowest BCUT2D eigenvalue weighted by Gasteiger charge is -2.21. The molecule has 0 atom stereocenters. The van der Waals surface area contributed by atoms with Crippen molar-refractivity contribution < 1.29 is 14.3 Å². The zero-order chi connectivity index (χ0) is 22.5. The molecule has 31 heavy (non-hydrogen) atoms. The third-order valence-electron chi connectivity index (χ3n) is 4.89. The fourth-order valence-electron chi connectivity index (χ4n) is 3.21. The van der Waals surface area contributed by atoms with Crippen molar-refractivity contribution in [3.63, 3.8) is 0 Å². The van der Waals surface area contributed by atoms with Crippen molar-refractivity contribution in [1.29, 1.82) is 5.26 Å². The van der Waals surface area contributed by atoms with Gasteiger partial charge in [-0.3, -0.25) is 0 Å². The summed E-state index contributed by atoms with van der Waals surface area (Å²) in [6, 6.07) is 15.0. The van der Waals surface area contributed by atoms with Crippen molar-refractivity contribution in [3.8, 4) is 6.07 Å². The molecule has 0 bridgehead atoms. The van der Waals surface area contributed by atoms with Gasteiger partial charge in [-0.25, -0.2) is 9.59 Å². The first-order valence-corrected chi connectivity index (χ1v) is 10.6. The maximum absolute atomic E-state index is 12.9. The molecule has 0 aliphatic carbocycles. The highest BCUT2D eigenvalue weighted by Gasteiger charge is 2.18. The molecule has 158 valence electrons. The molecule has 0 saturated carbocycles. The van der Waals surface area contributed by atoms with Gasteiger partial charge in [-0.1, -0.05) is 29.5 Å².